The van der Waals surface area contributed by atoms with Gasteiger partial charge in [-0.15, -0.1) is 11.8 Å². The monoisotopic (exact) mass is 345 g/mol. The number of benzene rings is 3. The predicted octanol–water partition coefficient (Wildman–Crippen LogP) is 4.77. The molecular weight excluding hydrogens is 322 g/mol. The Kier molecular flexibility index (Phi) is 4.65. The maximum Gasteiger partial charge on any atom is 0.0912 e. The summed E-state index contributed by atoms with van der Waals surface area (Å²) in [4.78, 5) is 0. The first-order valence-electron chi connectivity index (χ1n) is 8.92. The third kappa shape index (κ3) is 2.80. The van der Waals surface area contributed by atoms with Crippen molar-refractivity contribution in [1.29, 1.82) is 0 Å². The van der Waals surface area contributed by atoms with Crippen LogP contribution in [0.4, 0.5) is 0 Å². The van der Waals surface area contributed by atoms with Gasteiger partial charge in [0.1, 0.15) is 0 Å². The molecule has 0 heterocycles. The first kappa shape index (κ1) is 16.4. The third-order valence-electron chi connectivity index (χ3n) is 5.07. The Morgan fingerprint density at radius 1 is 0.720 bits per heavy atom. The zero-order valence-electron chi connectivity index (χ0n) is 14.3. The zero-order valence-corrected chi connectivity index (χ0v) is 15.1. The van der Waals surface area contributed by atoms with E-state index in [4.69, 9.17) is 5.73 Å². The number of fused-ring (bicyclic) bond motifs is 2. The molecule has 0 unspecified atom stereocenters. The number of nitrogens with two attached hydrogens (primary N) is 1. The lowest BCUT2D eigenvalue weighted by atomic mass is 9.81. The molecule has 4 rings (SSSR count). The van der Waals surface area contributed by atoms with Gasteiger partial charge in [-0.05, 0) is 40.7 Å². The predicted molar refractivity (Wildman–Crippen MR) is 108 cm³/mol. The Hall–Kier alpha value is -2.03. The largest absolute Gasteiger partial charge is 0.330 e. The van der Waals surface area contributed by atoms with E-state index in [0.29, 0.717) is 6.54 Å². The van der Waals surface area contributed by atoms with Gasteiger partial charge in [-0.3, -0.25) is 0 Å². The summed E-state index contributed by atoms with van der Waals surface area (Å²) in [5, 5.41) is 0. The molecular formula is C23H23NS. The molecule has 0 bridgehead atoms. The average molecular weight is 346 g/mol. The second-order valence-corrected chi connectivity index (χ2v) is 7.81. The van der Waals surface area contributed by atoms with Crippen molar-refractivity contribution >= 4 is 11.8 Å². The van der Waals surface area contributed by atoms with Gasteiger partial charge in [0.25, 0.3) is 0 Å². The van der Waals surface area contributed by atoms with Crippen LogP contribution in [0.1, 0.15) is 27.8 Å². The van der Waals surface area contributed by atoms with Crippen molar-refractivity contribution in [3.63, 3.8) is 0 Å². The fraction of sp³-hybridized carbons (Fsp3) is 0.217. The molecule has 2 heteroatoms. The van der Waals surface area contributed by atoms with Crippen LogP contribution in [-0.2, 0) is 17.6 Å². The molecule has 0 atom stereocenters. The van der Waals surface area contributed by atoms with Gasteiger partial charge in [0.2, 0.25) is 0 Å². The van der Waals surface area contributed by atoms with E-state index < -0.39 is 0 Å². The van der Waals surface area contributed by atoms with E-state index in [2.05, 4.69) is 78.9 Å². The fourth-order valence-electron chi connectivity index (χ4n) is 4.01. The molecule has 1 nitrogen and oxygen atoms in total. The summed E-state index contributed by atoms with van der Waals surface area (Å²) in [6.07, 6.45) is 2.18. The fourth-order valence-corrected chi connectivity index (χ4v) is 5.45. The normalized spacial score (nSPS) is 15.1. The van der Waals surface area contributed by atoms with Crippen LogP contribution in [0, 0.1) is 0 Å². The van der Waals surface area contributed by atoms with Crippen molar-refractivity contribution in [1.82, 2.24) is 0 Å². The van der Waals surface area contributed by atoms with Gasteiger partial charge >= 0.3 is 0 Å². The van der Waals surface area contributed by atoms with Crippen LogP contribution in [0.15, 0.2) is 78.9 Å². The first-order chi connectivity index (χ1) is 12.4. The number of thioether (sulfide) groups is 1. The lowest BCUT2D eigenvalue weighted by Crippen LogP contribution is -2.28. The van der Waals surface area contributed by atoms with Gasteiger partial charge in [-0.25, -0.2) is 0 Å². The van der Waals surface area contributed by atoms with E-state index >= 15 is 0 Å². The quantitative estimate of drug-likeness (QED) is 0.737. The molecule has 0 saturated carbocycles. The summed E-state index contributed by atoms with van der Waals surface area (Å²) in [7, 11) is 0. The molecule has 0 aromatic heterocycles. The van der Waals surface area contributed by atoms with Crippen molar-refractivity contribution in [2.45, 2.75) is 17.6 Å². The number of hydrogen-bond donors (Lipinski definition) is 1. The van der Waals surface area contributed by atoms with Crippen LogP contribution in [-0.4, -0.2) is 12.3 Å². The van der Waals surface area contributed by atoms with E-state index in [1.807, 2.05) is 11.8 Å². The molecule has 0 aliphatic heterocycles. The van der Waals surface area contributed by atoms with Crippen molar-refractivity contribution in [3.8, 4) is 0 Å². The highest BCUT2D eigenvalue weighted by molar-refractivity contribution is 8.00. The van der Waals surface area contributed by atoms with E-state index in [0.717, 1.165) is 18.6 Å². The van der Waals surface area contributed by atoms with Gasteiger partial charge in [-0.1, -0.05) is 78.9 Å². The molecule has 0 fully saturated rings. The highest BCUT2D eigenvalue weighted by Crippen LogP contribution is 2.51. The summed E-state index contributed by atoms with van der Waals surface area (Å²) in [5.74, 6) is 0.928. The SMILES string of the molecule is NCCSC1(c2ccccc2)c2ccccc2CCc2ccccc21. The van der Waals surface area contributed by atoms with Gasteiger partial charge in [0.15, 0.2) is 0 Å². The lowest BCUT2D eigenvalue weighted by Gasteiger charge is -2.36. The van der Waals surface area contributed by atoms with Crippen LogP contribution < -0.4 is 5.73 Å². The highest BCUT2D eigenvalue weighted by Gasteiger charge is 2.40. The topological polar surface area (TPSA) is 26.0 Å². The molecule has 0 radical (unpaired) electrons. The van der Waals surface area contributed by atoms with Crippen molar-refractivity contribution in [3.05, 3.63) is 107 Å². The van der Waals surface area contributed by atoms with Gasteiger partial charge < -0.3 is 5.73 Å². The number of hydrogen-bond acceptors (Lipinski definition) is 2. The molecule has 0 spiro atoms. The van der Waals surface area contributed by atoms with Crippen molar-refractivity contribution in [2.75, 3.05) is 12.3 Å². The van der Waals surface area contributed by atoms with E-state index in [9.17, 15) is 0 Å². The van der Waals surface area contributed by atoms with E-state index in [-0.39, 0.29) is 4.75 Å². The second-order valence-electron chi connectivity index (χ2n) is 6.50. The maximum atomic E-state index is 5.94. The minimum Gasteiger partial charge on any atom is -0.330 e. The number of aryl methyl sites for hydroxylation is 2. The average Bonchev–Trinajstić information content (AvgIpc) is 2.83. The molecule has 25 heavy (non-hydrogen) atoms. The van der Waals surface area contributed by atoms with Crippen molar-refractivity contribution < 1.29 is 0 Å². The van der Waals surface area contributed by atoms with Crippen LogP contribution in [0.2, 0.25) is 0 Å². The number of rotatable bonds is 4. The van der Waals surface area contributed by atoms with Crippen LogP contribution in [0.25, 0.3) is 0 Å². The zero-order chi connectivity index (χ0) is 17.1. The van der Waals surface area contributed by atoms with Crippen LogP contribution in [0.3, 0.4) is 0 Å². The molecule has 0 amide bonds. The Bertz CT molecular complexity index is 809. The smallest absolute Gasteiger partial charge is 0.0912 e. The maximum absolute atomic E-state index is 5.94. The minimum atomic E-state index is -0.190. The Balaban J connectivity index is 2.07. The molecule has 1 aliphatic rings. The Morgan fingerprint density at radius 2 is 1.24 bits per heavy atom. The molecule has 1 aliphatic carbocycles. The molecule has 0 saturated heterocycles. The summed E-state index contributed by atoms with van der Waals surface area (Å²) in [6.45, 7) is 0.684. The standard InChI is InChI=1S/C23H23NS/c24-16-17-25-23(20-10-2-1-3-11-20)21-12-6-4-8-18(21)14-15-19-9-5-7-13-22(19)23/h1-13H,14-17,24H2. The first-order valence-corrected chi connectivity index (χ1v) is 9.91. The van der Waals surface area contributed by atoms with Gasteiger partial charge in [-0.2, -0.15) is 0 Å². The van der Waals surface area contributed by atoms with Gasteiger partial charge in [0.05, 0.1) is 4.75 Å². The second kappa shape index (κ2) is 7.07. The summed E-state index contributed by atoms with van der Waals surface area (Å²) in [5.41, 5.74) is 13.0. The van der Waals surface area contributed by atoms with Crippen LogP contribution in [0.5, 0.6) is 0 Å². The molecule has 3 aromatic carbocycles. The van der Waals surface area contributed by atoms with Crippen LogP contribution >= 0.6 is 11.8 Å². The Morgan fingerprint density at radius 3 is 1.80 bits per heavy atom. The molecule has 126 valence electrons. The Labute approximate surface area is 154 Å². The van der Waals surface area contributed by atoms with Crippen molar-refractivity contribution in [2.24, 2.45) is 5.73 Å². The minimum absolute atomic E-state index is 0.190. The lowest BCUT2D eigenvalue weighted by molar-refractivity contribution is 0.883. The summed E-state index contributed by atoms with van der Waals surface area (Å²) < 4.78 is -0.190. The van der Waals surface area contributed by atoms with Gasteiger partial charge in [0, 0.05) is 12.3 Å². The highest BCUT2D eigenvalue weighted by atomic mass is 32.2. The summed E-state index contributed by atoms with van der Waals surface area (Å²) in [6, 6.07) is 28.8. The van der Waals surface area contributed by atoms with E-state index in [1.165, 1.54) is 27.8 Å². The third-order valence-corrected chi connectivity index (χ3v) is 6.62. The van der Waals surface area contributed by atoms with E-state index in [1.54, 1.807) is 0 Å². The molecule has 2 N–H and O–H groups in total. The molecule has 3 aromatic rings. The summed E-state index contributed by atoms with van der Waals surface area (Å²) >= 11 is 1.97.